The molecule has 0 aliphatic rings. The van der Waals surface area contributed by atoms with Crippen LogP contribution >= 0.6 is 11.8 Å². The van der Waals surface area contributed by atoms with Crippen molar-refractivity contribution in [3.63, 3.8) is 0 Å². The van der Waals surface area contributed by atoms with Gasteiger partial charge in [0.05, 0.1) is 32.1 Å². The monoisotopic (exact) mass is 367 g/mol. The van der Waals surface area contributed by atoms with Gasteiger partial charge in [-0.1, -0.05) is 11.8 Å². The summed E-state index contributed by atoms with van der Waals surface area (Å²) < 4.78 is 20.5. The minimum atomic E-state index is -0.790. The molecule has 2 aromatic rings. The van der Waals surface area contributed by atoms with Crippen LogP contribution in [0.15, 0.2) is 27.8 Å². The highest BCUT2D eigenvalue weighted by Crippen LogP contribution is 2.33. The minimum Gasteiger partial charge on any atom is -0.497 e. The molecular formula is C15H17N3O6S. The number of carbonyl (C=O) groups is 2. The van der Waals surface area contributed by atoms with Gasteiger partial charge < -0.3 is 18.6 Å². The molecule has 1 aromatic carbocycles. The molecule has 1 aromatic heterocycles. The Labute approximate surface area is 148 Å². The van der Waals surface area contributed by atoms with Gasteiger partial charge in [0.1, 0.15) is 11.5 Å². The Morgan fingerprint density at radius 3 is 2.72 bits per heavy atom. The van der Waals surface area contributed by atoms with Crippen LogP contribution in [0.4, 0.5) is 4.79 Å². The highest BCUT2D eigenvalue weighted by Gasteiger charge is 2.16. The fraction of sp³-hybridized carbons (Fsp3) is 0.333. The van der Waals surface area contributed by atoms with E-state index < -0.39 is 12.0 Å². The van der Waals surface area contributed by atoms with Gasteiger partial charge in [-0.25, -0.2) is 4.79 Å². The molecule has 0 bridgehead atoms. The summed E-state index contributed by atoms with van der Waals surface area (Å²) in [5.41, 5.74) is 0.596. The predicted molar refractivity (Wildman–Crippen MR) is 88.7 cm³/mol. The van der Waals surface area contributed by atoms with Crippen LogP contribution < -0.4 is 14.8 Å². The Kier molecular flexibility index (Phi) is 6.63. The lowest BCUT2D eigenvalue weighted by Crippen LogP contribution is -2.32. The van der Waals surface area contributed by atoms with Crippen LogP contribution in [-0.4, -0.2) is 48.8 Å². The number of alkyl carbamates (subject to hydrolysis) is 1. The van der Waals surface area contributed by atoms with Crippen molar-refractivity contribution in [2.75, 3.05) is 26.6 Å². The largest absolute Gasteiger partial charge is 0.497 e. The van der Waals surface area contributed by atoms with E-state index in [1.54, 1.807) is 32.2 Å². The number of carbonyl (C=O) groups excluding carboxylic acids is 2. The fourth-order valence-corrected chi connectivity index (χ4v) is 2.36. The summed E-state index contributed by atoms with van der Waals surface area (Å²) in [7, 11) is 3.07. The molecule has 0 saturated heterocycles. The van der Waals surface area contributed by atoms with Gasteiger partial charge in [-0.15, -0.1) is 10.2 Å². The summed E-state index contributed by atoms with van der Waals surface area (Å²) in [6, 6.07) is 5.16. The number of rotatable bonds is 7. The summed E-state index contributed by atoms with van der Waals surface area (Å²) in [6.45, 7) is 1.83. The van der Waals surface area contributed by atoms with E-state index >= 15 is 0 Å². The number of hydrogen-bond donors (Lipinski definition) is 1. The molecule has 0 atom stereocenters. The number of hydrogen-bond acceptors (Lipinski definition) is 9. The van der Waals surface area contributed by atoms with E-state index in [0.717, 1.165) is 11.8 Å². The first kappa shape index (κ1) is 18.6. The summed E-state index contributed by atoms with van der Waals surface area (Å²) in [6.07, 6.45) is -0.790. The van der Waals surface area contributed by atoms with Crippen LogP contribution in [-0.2, 0) is 9.53 Å². The zero-order valence-corrected chi connectivity index (χ0v) is 14.7. The Hall–Kier alpha value is -2.75. The van der Waals surface area contributed by atoms with E-state index in [1.807, 2.05) is 0 Å². The van der Waals surface area contributed by atoms with Gasteiger partial charge in [0, 0.05) is 6.07 Å². The molecule has 2 amide bonds. The topological polar surface area (TPSA) is 113 Å². The van der Waals surface area contributed by atoms with Crippen LogP contribution in [0.1, 0.15) is 6.92 Å². The molecule has 1 heterocycles. The number of ether oxygens (including phenoxy) is 3. The van der Waals surface area contributed by atoms with E-state index in [9.17, 15) is 9.59 Å². The third-order valence-electron chi connectivity index (χ3n) is 2.89. The minimum absolute atomic E-state index is 0.0693. The van der Waals surface area contributed by atoms with Crippen molar-refractivity contribution in [3.05, 3.63) is 18.2 Å². The van der Waals surface area contributed by atoms with Crippen molar-refractivity contribution in [1.29, 1.82) is 0 Å². The zero-order chi connectivity index (χ0) is 18.2. The van der Waals surface area contributed by atoms with Gasteiger partial charge in [0.2, 0.25) is 5.91 Å². The maximum atomic E-state index is 11.6. The number of thioether (sulfide) groups is 1. The molecule has 0 fully saturated rings. The Balaban J connectivity index is 2.01. The van der Waals surface area contributed by atoms with Crippen molar-refractivity contribution in [2.24, 2.45) is 0 Å². The highest BCUT2D eigenvalue weighted by molar-refractivity contribution is 7.99. The molecule has 9 nitrogen and oxygen atoms in total. The molecule has 2 rings (SSSR count). The average Bonchev–Trinajstić information content (AvgIpc) is 3.08. The van der Waals surface area contributed by atoms with Crippen LogP contribution in [0.2, 0.25) is 0 Å². The quantitative estimate of drug-likeness (QED) is 0.735. The second kappa shape index (κ2) is 8.92. The molecule has 134 valence electrons. The lowest BCUT2D eigenvalue weighted by molar-refractivity contribution is -0.117. The van der Waals surface area contributed by atoms with Gasteiger partial charge in [0.15, 0.2) is 0 Å². The summed E-state index contributed by atoms with van der Waals surface area (Å²) >= 11 is 1.000. The predicted octanol–water partition coefficient (Wildman–Crippen LogP) is 2.12. The molecule has 0 radical (unpaired) electrons. The molecule has 0 saturated carbocycles. The Morgan fingerprint density at radius 1 is 1.24 bits per heavy atom. The molecule has 0 spiro atoms. The number of amides is 2. The third-order valence-corrected chi connectivity index (χ3v) is 3.71. The van der Waals surface area contributed by atoms with Crippen molar-refractivity contribution in [3.8, 4) is 23.0 Å². The van der Waals surface area contributed by atoms with Crippen molar-refractivity contribution in [1.82, 2.24) is 15.5 Å². The lowest BCUT2D eigenvalue weighted by Gasteiger charge is -2.07. The van der Waals surface area contributed by atoms with Crippen LogP contribution in [0.3, 0.4) is 0 Å². The first-order chi connectivity index (χ1) is 12.1. The van der Waals surface area contributed by atoms with E-state index in [2.05, 4.69) is 20.3 Å². The van der Waals surface area contributed by atoms with Crippen LogP contribution in [0.5, 0.6) is 11.5 Å². The number of benzene rings is 1. The van der Waals surface area contributed by atoms with Gasteiger partial charge >= 0.3 is 6.09 Å². The number of nitrogens with zero attached hydrogens (tertiary/aromatic N) is 2. The van der Waals surface area contributed by atoms with Gasteiger partial charge in [-0.2, -0.15) is 0 Å². The molecule has 25 heavy (non-hydrogen) atoms. The molecule has 0 aliphatic carbocycles. The van der Waals surface area contributed by atoms with E-state index in [1.165, 1.54) is 7.11 Å². The zero-order valence-electron chi connectivity index (χ0n) is 13.9. The Bertz CT molecular complexity index is 749. The molecular weight excluding hydrogens is 350 g/mol. The number of imide groups is 1. The summed E-state index contributed by atoms with van der Waals surface area (Å²) in [4.78, 5) is 22.7. The number of methoxy groups -OCH3 is 2. The molecule has 0 aliphatic heterocycles. The van der Waals surface area contributed by atoms with Crippen molar-refractivity contribution >= 4 is 23.8 Å². The highest BCUT2D eigenvalue weighted by atomic mass is 32.2. The second-order valence-electron chi connectivity index (χ2n) is 4.50. The standard InChI is InChI=1S/C15H17N3O6S/c1-4-23-14(20)16-12(19)8-25-15-18-17-13(24-15)10-6-5-9(21-2)7-11(10)22-3/h5-7H,4,8H2,1-3H3,(H,16,19,20). The number of aromatic nitrogens is 2. The van der Waals surface area contributed by atoms with Gasteiger partial charge in [-0.3, -0.25) is 10.1 Å². The number of nitrogens with one attached hydrogen (secondary N) is 1. The normalized spacial score (nSPS) is 10.2. The van der Waals surface area contributed by atoms with E-state index in [0.29, 0.717) is 17.1 Å². The third kappa shape index (κ3) is 5.11. The van der Waals surface area contributed by atoms with Crippen molar-refractivity contribution < 1.29 is 28.2 Å². The second-order valence-corrected chi connectivity index (χ2v) is 5.42. The summed E-state index contributed by atoms with van der Waals surface area (Å²) in [5, 5.41) is 10.1. The fourth-order valence-electron chi connectivity index (χ4n) is 1.80. The molecule has 0 unspecified atom stereocenters. The van der Waals surface area contributed by atoms with E-state index in [4.69, 9.17) is 13.9 Å². The van der Waals surface area contributed by atoms with Gasteiger partial charge in [-0.05, 0) is 19.1 Å². The van der Waals surface area contributed by atoms with Crippen LogP contribution in [0, 0.1) is 0 Å². The summed E-state index contributed by atoms with van der Waals surface area (Å²) in [5.74, 6) is 0.795. The lowest BCUT2D eigenvalue weighted by atomic mass is 10.2. The maximum absolute atomic E-state index is 11.6. The Morgan fingerprint density at radius 2 is 2.04 bits per heavy atom. The first-order valence-corrected chi connectivity index (χ1v) is 8.21. The molecule has 10 heteroatoms. The molecule has 1 N–H and O–H groups in total. The van der Waals surface area contributed by atoms with E-state index in [-0.39, 0.29) is 23.5 Å². The van der Waals surface area contributed by atoms with Crippen molar-refractivity contribution in [2.45, 2.75) is 12.1 Å². The SMILES string of the molecule is CCOC(=O)NC(=O)CSc1nnc(-c2ccc(OC)cc2OC)o1. The van der Waals surface area contributed by atoms with Crippen LogP contribution in [0.25, 0.3) is 11.5 Å². The maximum Gasteiger partial charge on any atom is 0.413 e. The van der Waals surface area contributed by atoms with Gasteiger partial charge in [0.25, 0.3) is 11.1 Å². The first-order valence-electron chi connectivity index (χ1n) is 7.22. The average molecular weight is 367 g/mol. The smallest absolute Gasteiger partial charge is 0.413 e.